The van der Waals surface area contributed by atoms with Crippen LogP contribution in [0, 0.1) is 5.41 Å². The Balaban J connectivity index is 2.55. The summed E-state index contributed by atoms with van der Waals surface area (Å²) in [5.41, 5.74) is 5.99. The third-order valence-electron chi connectivity index (χ3n) is 2.66. The number of aromatic nitrogens is 1. The van der Waals surface area contributed by atoms with Crippen LogP contribution in [0.2, 0.25) is 0 Å². The van der Waals surface area contributed by atoms with Gasteiger partial charge in [0.1, 0.15) is 10.7 Å². The molecular weight excluding hydrogens is 250 g/mol. The number of nitrogens with one attached hydrogen (secondary N) is 1. The van der Waals surface area contributed by atoms with Crippen LogP contribution in [0.15, 0.2) is 5.38 Å². The molecule has 18 heavy (non-hydrogen) atoms. The molecule has 0 saturated heterocycles. The van der Waals surface area contributed by atoms with Crippen molar-refractivity contribution in [2.75, 3.05) is 13.2 Å². The van der Waals surface area contributed by atoms with E-state index in [0.29, 0.717) is 18.7 Å². The second kappa shape index (κ2) is 6.26. The zero-order valence-electron chi connectivity index (χ0n) is 11.1. The van der Waals surface area contributed by atoms with Crippen molar-refractivity contribution in [1.82, 2.24) is 10.3 Å². The maximum Gasteiger partial charge on any atom is 0.270 e. The minimum absolute atomic E-state index is 0.119. The summed E-state index contributed by atoms with van der Waals surface area (Å²) in [4.78, 5) is 16.0. The molecule has 4 N–H and O–H groups in total. The molecule has 1 aromatic heterocycles. The summed E-state index contributed by atoms with van der Waals surface area (Å²) in [6.07, 6.45) is 0.648. The third kappa shape index (κ3) is 4.36. The van der Waals surface area contributed by atoms with Gasteiger partial charge in [0.2, 0.25) is 0 Å². The number of hydrogen-bond acceptors (Lipinski definition) is 5. The predicted molar refractivity (Wildman–Crippen MR) is 72.5 cm³/mol. The second-order valence-corrected chi connectivity index (χ2v) is 6.07. The van der Waals surface area contributed by atoms with E-state index in [1.165, 1.54) is 11.3 Å². The van der Waals surface area contributed by atoms with Crippen LogP contribution < -0.4 is 11.1 Å². The first kappa shape index (κ1) is 15.1. The molecule has 1 rings (SSSR count). The lowest BCUT2D eigenvalue weighted by atomic mass is 9.90. The smallest absolute Gasteiger partial charge is 0.270 e. The Bertz CT molecular complexity index is 402. The van der Waals surface area contributed by atoms with E-state index in [-0.39, 0.29) is 24.0 Å². The standard InChI is InChI=1S/C12H21N3O2S/c1-8(13)11-15-9(6-18-11)10(17)14-7-12(2,3)4-5-16/h6,8,16H,4-5,7,13H2,1-3H3,(H,14,17). The van der Waals surface area contributed by atoms with Crippen LogP contribution in [0.25, 0.3) is 0 Å². The molecule has 1 unspecified atom stereocenters. The van der Waals surface area contributed by atoms with E-state index >= 15 is 0 Å². The van der Waals surface area contributed by atoms with Crippen LogP contribution in [0.4, 0.5) is 0 Å². The van der Waals surface area contributed by atoms with Crippen LogP contribution in [-0.4, -0.2) is 29.1 Å². The molecule has 0 aromatic carbocycles. The van der Waals surface area contributed by atoms with Crippen LogP contribution in [0.1, 0.15) is 48.7 Å². The predicted octanol–water partition coefficient (Wildman–Crippen LogP) is 1.30. The molecule has 0 aliphatic rings. The summed E-state index contributed by atoms with van der Waals surface area (Å²) in [6.45, 7) is 6.46. The highest BCUT2D eigenvalue weighted by molar-refractivity contribution is 7.09. The van der Waals surface area contributed by atoms with Crippen LogP contribution in [0.3, 0.4) is 0 Å². The van der Waals surface area contributed by atoms with Gasteiger partial charge in [-0.15, -0.1) is 11.3 Å². The molecule has 0 radical (unpaired) electrons. The van der Waals surface area contributed by atoms with Gasteiger partial charge in [-0.2, -0.15) is 0 Å². The van der Waals surface area contributed by atoms with Gasteiger partial charge in [0.25, 0.3) is 5.91 Å². The highest BCUT2D eigenvalue weighted by atomic mass is 32.1. The zero-order valence-corrected chi connectivity index (χ0v) is 11.9. The first-order valence-corrected chi connectivity index (χ1v) is 6.84. The zero-order chi connectivity index (χ0) is 13.8. The molecule has 1 amide bonds. The quantitative estimate of drug-likeness (QED) is 0.727. The highest BCUT2D eigenvalue weighted by Crippen LogP contribution is 2.19. The Morgan fingerprint density at radius 3 is 2.83 bits per heavy atom. The van der Waals surface area contributed by atoms with Gasteiger partial charge in [-0.3, -0.25) is 4.79 Å². The summed E-state index contributed by atoms with van der Waals surface area (Å²) in [5.74, 6) is -0.191. The van der Waals surface area contributed by atoms with Crippen molar-refractivity contribution in [2.45, 2.75) is 33.2 Å². The van der Waals surface area contributed by atoms with E-state index in [0.717, 1.165) is 5.01 Å². The van der Waals surface area contributed by atoms with E-state index in [4.69, 9.17) is 10.8 Å². The molecule has 0 bridgehead atoms. The van der Waals surface area contributed by atoms with Crippen molar-refractivity contribution in [3.8, 4) is 0 Å². The number of rotatable bonds is 6. The number of thiazole rings is 1. The fourth-order valence-corrected chi connectivity index (χ4v) is 2.16. The number of nitrogens with zero attached hydrogens (tertiary/aromatic N) is 1. The van der Waals surface area contributed by atoms with Gasteiger partial charge in [-0.1, -0.05) is 13.8 Å². The Morgan fingerprint density at radius 2 is 2.33 bits per heavy atom. The lowest BCUT2D eigenvalue weighted by Crippen LogP contribution is -2.34. The van der Waals surface area contributed by atoms with Gasteiger partial charge >= 0.3 is 0 Å². The molecule has 0 spiro atoms. The second-order valence-electron chi connectivity index (χ2n) is 5.18. The van der Waals surface area contributed by atoms with Gasteiger partial charge < -0.3 is 16.2 Å². The first-order chi connectivity index (χ1) is 8.35. The average Bonchev–Trinajstić information content (AvgIpc) is 2.75. The minimum Gasteiger partial charge on any atom is -0.396 e. The Morgan fingerprint density at radius 1 is 1.67 bits per heavy atom. The topological polar surface area (TPSA) is 88.2 Å². The number of aliphatic hydroxyl groups excluding tert-OH is 1. The Hall–Kier alpha value is -0.980. The van der Waals surface area contributed by atoms with Crippen molar-refractivity contribution < 1.29 is 9.90 Å². The molecule has 1 heterocycles. The molecule has 5 nitrogen and oxygen atoms in total. The van der Waals surface area contributed by atoms with Gasteiger partial charge in [0, 0.05) is 18.5 Å². The van der Waals surface area contributed by atoms with Gasteiger partial charge in [0.05, 0.1) is 6.04 Å². The molecule has 0 fully saturated rings. The molecular formula is C12H21N3O2S. The van der Waals surface area contributed by atoms with E-state index in [1.807, 2.05) is 20.8 Å². The number of carbonyl (C=O) groups excluding carboxylic acids is 1. The molecule has 0 aliphatic heterocycles. The van der Waals surface area contributed by atoms with Gasteiger partial charge in [0.15, 0.2) is 0 Å². The molecule has 1 aromatic rings. The van der Waals surface area contributed by atoms with Crippen molar-refractivity contribution in [2.24, 2.45) is 11.1 Å². The maximum atomic E-state index is 11.9. The van der Waals surface area contributed by atoms with Crippen LogP contribution in [0.5, 0.6) is 0 Å². The lowest BCUT2D eigenvalue weighted by Gasteiger charge is -2.23. The lowest BCUT2D eigenvalue weighted by molar-refractivity contribution is 0.0923. The SMILES string of the molecule is CC(N)c1nc(C(=O)NCC(C)(C)CCO)cs1. The van der Waals surface area contributed by atoms with Crippen LogP contribution >= 0.6 is 11.3 Å². The third-order valence-corrected chi connectivity index (χ3v) is 3.71. The summed E-state index contributed by atoms with van der Waals surface area (Å²) >= 11 is 1.39. The summed E-state index contributed by atoms with van der Waals surface area (Å²) in [7, 11) is 0. The maximum absolute atomic E-state index is 11.9. The fraction of sp³-hybridized carbons (Fsp3) is 0.667. The summed E-state index contributed by atoms with van der Waals surface area (Å²) in [5, 5.41) is 14.2. The van der Waals surface area contributed by atoms with Gasteiger partial charge in [-0.25, -0.2) is 4.98 Å². The summed E-state index contributed by atoms with van der Waals surface area (Å²) in [6, 6.07) is -0.151. The molecule has 6 heteroatoms. The van der Waals surface area contributed by atoms with E-state index in [2.05, 4.69) is 10.3 Å². The minimum atomic E-state index is -0.191. The van der Waals surface area contributed by atoms with Gasteiger partial charge in [-0.05, 0) is 18.8 Å². The highest BCUT2D eigenvalue weighted by Gasteiger charge is 2.19. The van der Waals surface area contributed by atoms with Crippen molar-refractivity contribution in [3.63, 3.8) is 0 Å². The van der Waals surface area contributed by atoms with E-state index < -0.39 is 0 Å². The molecule has 102 valence electrons. The number of amides is 1. The average molecular weight is 271 g/mol. The largest absolute Gasteiger partial charge is 0.396 e. The summed E-state index contributed by atoms with van der Waals surface area (Å²) < 4.78 is 0. The van der Waals surface area contributed by atoms with Crippen molar-refractivity contribution in [3.05, 3.63) is 16.1 Å². The Kier molecular flexibility index (Phi) is 5.25. The fourth-order valence-electron chi connectivity index (χ4n) is 1.40. The Labute approximate surface area is 111 Å². The monoisotopic (exact) mass is 271 g/mol. The molecule has 1 atom stereocenters. The molecule has 0 aliphatic carbocycles. The number of nitrogens with two attached hydrogens (primary N) is 1. The van der Waals surface area contributed by atoms with Crippen LogP contribution in [-0.2, 0) is 0 Å². The number of carbonyl (C=O) groups is 1. The molecule has 0 saturated carbocycles. The van der Waals surface area contributed by atoms with Crippen molar-refractivity contribution >= 4 is 17.2 Å². The van der Waals surface area contributed by atoms with E-state index in [1.54, 1.807) is 5.38 Å². The first-order valence-electron chi connectivity index (χ1n) is 5.96. The van der Waals surface area contributed by atoms with E-state index in [9.17, 15) is 4.79 Å². The number of aliphatic hydroxyl groups is 1. The van der Waals surface area contributed by atoms with Crippen molar-refractivity contribution in [1.29, 1.82) is 0 Å². The number of hydrogen-bond donors (Lipinski definition) is 3. The normalized spacial score (nSPS) is 13.4.